The number of benzene rings is 2. The predicted molar refractivity (Wildman–Crippen MR) is 184 cm³/mol. The molecule has 1 aliphatic carbocycles. The molecular weight excluding hydrogens is 556 g/mol. The van der Waals surface area contributed by atoms with E-state index in [1.54, 1.807) is 0 Å². The van der Waals surface area contributed by atoms with Crippen LogP contribution in [0.2, 0.25) is 5.02 Å². The number of piperazine rings is 1. The first-order valence-electron chi connectivity index (χ1n) is 15.5. The summed E-state index contributed by atoms with van der Waals surface area (Å²) in [6.45, 7) is 14.1. The number of allylic oxidation sites excluding steroid dienone is 3. The molecule has 6 N–H and O–H groups in total. The Labute approximate surface area is 264 Å². The lowest BCUT2D eigenvalue weighted by Gasteiger charge is -2.44. The van der Waals surface area contributed by atoms with Crippen LogP contribution in [0, 0.1) is 13.8 Å². The second-order valence-electron chi connectivity index (χ2n) is 11.4. The molecule has 1 heterocycles. The van der Waals surface area contributed by atoms with E-state index in [0.29, 0.717) is 6.04 Å². The van der Waals surface area contributed by atoms with Crippen LogP contribution >= 0.6 is 11.6 Å². The van der Waals surface area contributed by atoms with Crippen LogP contribution in [-0.4, -0.2) is 66.5 Å². The minimum Gasteiger partial charge on any atom is -0.370 e. The van der Waals surface area contributed by atoms with E-state index in [-0.39, 0.29) is 24.5 Å². The van der Waals surface area contributed by atoms with Crippen molar-refractivity contribution >= 4 is 29.5 Å². The van der Waals surface area contributed by atoms with Crippen LogP contribution in [-0.2, 0) is 17.6 Å². The Morgan fingerprint density at radius 1 is 1.00 bits per heavy atom. The standard InChI is InChI=1S/C23H33N3O.C8H9Cl.C4H11N3/c1-18-17-26(23(27)15-24)19(2)16-25(18)13-12-20-10-11-21-8-6-4-3-5-7-9-22(21)14-20;1-6-3-4-8(9)5-7(6)2;1-2-3-7-4(5)6/h3-4,7,9-11,14,18-19H,5-6,8,12-13,15-17,24H2,1-2H3;3-5H,1-2H3;2-3H2,1H3,(H4,5,6,7)/b4-3-,9-7?;;. The van der Waals surface area contributed by atoms with E-state index in [2.05, 4.69) is 80.1 Å². The van der Waals surface area contributed by atoms with E-state index in [0.717, 1.165) is 63.3 Å². The molecule has 2 aromatic rings. The summed E-state index contributed by atoms with van der Waals surface area (Å²) in [5, 5.41) is 0.818. The van der Waals surface area contributed by atoms with E-state index in [9.17, 15) is 4.79 Å². The number of carbonyl (C=O) groups excluding carboxylic acids is 1. The Morgan fingerprint density at radius 2 is 1.77 bits per heavy atom. The summed E-state index contributed by atoms with van der Waals surface area (Å²) < 4.78 is 0. The third kappa shape index (κ3) is 13.0. The third-order valence-corrected chi connectivity index (χ3v) is 8.05. The number of halogens is 1. The van der Waals surface area contributed by atoms with Gasteiger partial charge in [-0.15, -0.1) is 0 Å². The van der Waals surface area contributed by atoms with Crippen LogP contribution in [0.15, 0.2) is 59.6 Å². The molecule has 2 aromatic carbocycles. The number of carbonyl (C=O) groups is 1. The highest BCUT2D eigenvalue weighted by Crippen LogP contribution is 2.20. The van der Waals surface area contributed by atoms with Crippen molar-refractivity contribution in [1.82, 2.24) is 9.80 Å². The van der Waals surface area contributed by atoms with Crippen LogP contribution in [0.5, 0.6) is 0 Å². The number of hydrogen-bond donors (Lipinski definition) is 3. The van der Waals surface area contributed by atoms with Gasteiger partial charge in [-0.25, -0.2) is 0 Å². The molecule has 2 aliphatic rings. The quantitative estimate of drug-likeness (QED) is 0.223. The number of nitrogens with zero attached hydrogens (tertiary/aromatic N) is 3. The number of aliphatic imine (C=N–C) groups is 1. The Kier molecular flexibility index (Phi) is 16.1. The van der Waals surface area contributed by atoms with Crippen molar-refractivity contribution in [2.24, 2.45) is 22.2 Å². The topological polar surface area (TPSA) is 114 Å². The normalized spacial score (nSPS) is 18.8. The van der Waals surface area contributed by atoms with Gasteiger partial charge in [0.15, 0.2) is 5.96 Å². The van der Waals surface area contributed by atoms with E-state index < -0.39 is 0 Å². The van der Waals surface area contributed by atoms with Crippen molar-refractivity contribution in [3.05, 3.63) is 87.5 Å². The first-order chi connectivity index (χ1) is 20.5. The lowest BCUT2D eigenvalue weighted by atomic mass is 9.98. The molecule has 236 valence electrons. The van der Waals surface area contributed by atoms with Gasteiger partial charge in [0.1, 0.15) is 0 Å². The second kappa shape index (κ2) is 19.2. The fourth-order valence-corrected chi connectivity index (χ4v) is 5.33. The fraction of sp³-hybridized carbons (Fsp3) is 0.486. The van der Waals surface area contributed by atoms with Crippen molar-refractivity contribution in [2.45, 2.75) is 78.8 Å². The van der Waals surface area contributed by atoms with Crippen LogP contribution in [0.3, 0.4) is 0 Å². The van der Waals surface area contributed by atoms with Crippen LogP contribution in [0.4, 0.5) is 0 Å². The summed E-state index contributed by atoms with van der Waals surface area (Å²) in [5.41, 5.74) is 22.3. The molecule has 0 aromatic heterocycles. The van der Waals surface area contributed by atoms with Gasteiger partial charge in [0.25, 0.3) is 0 Å². The molecule has 0 saturated carbocycles. The minimum atomic E-state index is 0.0628. The second-order valence-corrected chi connectivity index (χ2v) is 11.8. The summed E-state index contributed by atoms with van der Waals surface area (Å²) in [4.78, 5) is 20.2. The number of amides is 1. The van der Waals surface area contributed by atoms with Gasteiger partial charge in [-0.05, 0) is 99.7 Å². The van der Waals surface area contributed by atoms with Gasteiger partial charge in [-0.3, -0.25) is 14.7 Å². The Balaban J connectivity index is 0.000000329. The molecule has 1 amide bonds. The summed E-state index contributed by atoms with van der Waals surface area (Å²) in [6, 6.07) is 13.5. The molecule has 1 saturated heterocycles. The molecule has 2 unspecified atom stereocenters. The predicted octanol–water partition coefficient (Wildman–Crippen LogP) is 5.64. The van der Waals surface area contributed by atoms with E-state index in [1.807, 2.05) is 30.0 Å². The average molecular weight is 609 g/mol. The van der Waals surface area contributed by atoms with Crippen molar-refractivity contribution < 1.29 is 4.79 Å². The largest absolute Gasteiger partial charge is 0.370 e. The van der Waals surface area contributed by atoms with Crippen molar-refractivity contribution in [3.8, 4) is 0 Å². The van der Waals surface area contributed by atoms with Crippen molar-refractivity contribution in [2.75, 3.05) is 32.7 Å². The number of aryl methyl sites for hydroxylation is 3. The highest BCUT2D eigenvalue weighted by molar-refractivity contribution is 6.30. The molecule has 2 atom stereocenters. The van der Waals surface area contributed by atoms with Gasteiger partial charge in [0.05, 0.1) is 6.54 Å². The van der Waals surface area contributed by atoms with Crippen LogP contribution in [0.1, 0.15) is 67.9 Å². The number of fused-ring (bicyclic) bond motifs is 1. The summed E-state index contributed by atoms with van der Waals surface area (Å²) in [7, 11) is 0. The molecule has 0 bridgehead atoms. The maximum atomic E-state index is 12.0. The first kappa shape index (κ1) is 36.1. The summed E-state index contributed by atoms with van der Waals surface area (Å²) >= 11 is 5.72. The zero-order valence-electron chi connectivity index (χ0n) is 26.9. The first-order valence-corrected chi connectivity index (χ1v) is 15.9. The Bertz CT molecular complexity index is 1240. The fourth-order valence-electron chi connectivity index (χ4n) is 5.10. The van der Waals surface area contributed by atoms with Gasteiger partial charge in [0.2, 0.25) is 5.91 Å². The summed E-state index contributed by atoms with van der Waals surface area (Å²) in [6.07, 6.45) is 14.4. The van der Waals surface area contributed by atoms with Gasteiger partial charge in [-0.2, -0.15) is 0 Å². The number of nitrogens with two attached hydrogens (primary N) is 3. The molecule has 4 rings (SSSR count). The van der Waals surface area contributed by atoms with E-state index >= 15 is 0 Å². The number of guanidine groups is 1. The monoisotopic (exact) mass is 608 g/mol. The van der Waals surface area contributed by atoms with Crippen LogP contribution < -0.4 is 17.2 Å². The molecule has 7 nitrogen and oxygen atoms in total. The highest BCUT2D eigenvalue weighted by Gasteiger charge is 2.30. The van der Waals surface area contributed by atoms with Gasteiger partial charge in [-0.1, -0.05) is 67.1 Å². The Morgan fingerprint density at radius 3 is 2.40 bits per heavy atom. The van der Waals surface area contributed by atoms with Gasteiger partial charge >= 0.3 is 0 Å². The molecular formula is C35H53ClN6O. The maximum Gasteiger partial charge on any atom is 0.236 e. The Hall–Kier alpha value is -3.13. The third-order valence-electron chi connectivity index (χ3n) is 7.81. The highest BCUT2D eigenvalue weighted by atomic mass is 35.5. The minimum absolute atomic E-state index is 0.0628. The number of hydrogen-bond acceptors (Lipinski definition) is 4. The molecule has 1 aliphatic heterocycles. The van der Waals surface area contributed by atoms with Crippen molar-refractivity contribution in [1.29, 1.82) is 0 Å². The SMILES string of the molecule is CC1CN(C(=O)CN)C(C)CN1CCc1ccc2c(c1)C=CC/C=C\CC2.CCCN=C(N)N.Cc1ccc(Cl)cc1C. The maximum absolute atomic E-state index is 12.0. The molecule has 1 fully saturated rings. The molecule has 8 heteroatoms. The smallest absolute Gasteiger partial charge is 0.236 e. The zero-order chi connectivity index (χ0) is 31.8. The van der Waals surface area contributed by atoms with E-state index in [4.69, 9.17) is 28.8 Å². The van der Waals surface area contributed by atoms with Gasteiger partial charge < -0.3 is 22.1 Å². The zero-order valence-corrected chi connectivity index (χ0v) is 27.6. The average Bonchev–Trinajstić information content (AvgIpc) is 3.10. The summed E-state index contributed by atoms with van der Waals surface area (Å²) in [5.74, 6) is 0.245. The molecule has 0 radical (unpaired) electrons. The molecule has 43 heavy (non-hydrogen) atoms. The lowest BCUT2D eigenvalue weighted by molar-refractivity contribution is -0.135. The number of rotatable bonds is 6. The molecule has 0 spiro atoms. The van der Waals surface area contributed by atoms with Gasteiger partial charge in [0, 0.05) is 43.3 Å². The lowest BCUT2D eigenvalue weighted by Crippen LogP contribution is -2.59. The van der Waals surface area contributed by atoms with Crippen LogP contribution in [0.25, 0.3) is 6.08 Å². The van der Waals surface area contributed by atoms with E-state index in [1.165, 1.54) is 27.8 Å². The van der Waals surface area contributed by atoms with Crippen molar-refractivity contribution in [3.63, 3.8) is 0 Å².